The Kier molecular flexibility index (Phi) is 5.37. The molecule has 16 heavy (non-hydrogen) atoms. The van der Waals surface area contributed by atoms with Crippen molar-refractivity contribution in [2.75, 3.05) is 12.9 Å². The van der Waals surface area contributed by atoms with Gasteiger partial charge in [-0.1, -0.05) is 0 Å². The molecule has 0 spiro atoms. The van der Waals surface area contributed by atoms with Crippen molar-refractivity contribution in [1.82, 2.24) is 10.3 Å². The zero-order valence-electron chi connectivity index (χ0n) is 9.16. The number of hydrogen-bond donors (Lipinski definition) is 3. The predicted molar refractivity (Wildman–Crippen MR) is 69.8 cm³/mol. The molecule has 0 aliphatic heterocycles. The third-order valence-corrected chi connectivity index (χ3v) is 3.91. The van der Waals surface area contributed by atoms with Gasteiger partial charge >= 0.3 is 0 Å². The molecule has 2 unspecified atom stereocenters. The number of aliphatic hydroxyl groups is 1. The number of carbonyl (C=O) groups is 1. The molecule has 1 heterocycles. The SMILES string of the molecule is CSC(CO)C(C)NC(=O)c1cc(Br)c[nH]1. The van der Waals surface area contributed by atoms with E-state index in [1.165, 1.54) is 11.8 Å². The molecule has 0 saturated heterocycles. The van der Waals surface area contributed by atoms with Crippen LogP contribution in [0.4, 0.5) is 0 Å². The number of nitrogens with one attached hydrogen (secondary N) is 2. The molecule has 0 aromatic carbocycles. The Morgan fingerprint density at radius 2 is 2.44 bits per heavy atom. The molecule has 0 aliphatic carbocycles. The average molecular weight is 307 g/mol. The second-order valence-corrected chi connectivity index (χ2v) is 5.44. The van der Waals surface area contributed by atoms with E-state index in [4.69, 9.17) is 5.11 Å². The van der Waals surface area contributed by atoms with E-state index < -0.39 is 0 Å². The van der Waals surface area contributed by atoms with Crippen LogP contribution < -0.4 is 5.32 Å². The maximum Gasteiger partial charge on any atom is 0.267 e. The number of rotatable bonds is 5. The largest absolute Gasteiger partial charge is 0.395 e. The molecule has 2 atom stereocenters. The number of aliphatic hydroxyl groups excluding tert-OH is 1. The van der Waals surface area contributed by atoms with Gasteiger partial charge in [0.25, 0.3) is 5.91 Å². The third-order valence-electron chi connectivity index (χ3n) is 2.29. The zero-order chi connectivity index (χ0) is 12.1. The highest BCUT2D eigenvalue weighted by molar-refractivity contribution is 9.10. The smallest absolute Gasteiger partial charge is 0.267 e. The Bertz CT molecular complexity index is 352. The standard InChI is InChI=1S/C10H15BrN2O2S/c1-6(9(5-14)16-2)13-10(15)8-3-7(11)4-12-8/h3-4,6,9,12,14H,5H2,1-2H3,(H,13,15). The molecule has 1 aromatic rings. The molecule has 0 bridgehead atoms. The first-order valence-electron chi connectivity index (χ1n) is 4.87. The van der Waals surface area contributed by atoms with Crippen LogP contribution in [0.5, 0.6) is 0 Å². The summed E-state index contributed by atoms with van der Waals surface area (Å²) in [5.41, 5.74) is 0.511. The number of carbonyl (C=O) groups excluding carboxylic acids is 1. The second kappa shape index (κ2) is 6.32. The van der Waals surface area contributed by atoms with Crippen LogP contribution >= 0.6 is 27.7 Å². The van der Waals surface area contributed by atoms with Crippen LogP contribution in [-0.4, -0.2) is 40.2 Å². The second-order valence-electron chi connectivity index (χ2n) is 3.45. The number of hydrogen-bond acceptors (Lipinski definition) is 3. The first-order valence-corrected chi connectivity index (χ1v) is 6.95. The minimum Gasteiger partial charge on any atom is -0.395 e. The summed E-state index contributed by atoms with van der Waals surface area (Å²) in [6.07, 6.45) is 3.62. The van der Waals surface area contributed by atoms with Gasteiger partial charge in [0, 0.05) is 22.0 Å². The molecule has 3 N–H and O–H groups in total. The maximum atomic E-state index is 11.8. The fourth-order valence-electron chi connectivity index (χ4n) is 1.31. The van der Waals surface area contributed by atoms with Crippen molar-refractivity contribution in [2.45, 2.75) is 18.2 Å². The normalized spacial score (nSPS) is 14.5. The highest BCUT2D eigenvalue weighted by Gasteiger charge is 2.18. The molecule has 0 saturated carbocycles. The van der Waals surface area contributed by atoms with Crippen LogP contribution in [0, 0.1) is 0 Å². The van der Waals surface area contributed by atoms with E-state index in [1.54, 1.807) is 12.3 Å². The molecule has 1 rings (SSSR count). The third kappa shape index (κ3) is 3.54. The van der Waals surface area contributed by atoms with Gasteiger partial charge in [-0.3, -0.25) is 4.79 Å². The van der Waals surface area contributed by atoms with Crippen LogP contribution in [0.1, 0.15) is 17.4 Å². The van der Waals surface area contributed by atoms with E-state index in [0.29, 0.717) is 5.69 Å². The lowest BCUT2D eigenvalue weighted by molar-refractivity contribution is 0.0931. The van der Waals surface area contributed by atoms with Crippen molar-refractivity contribution in [2.24, 2.45) is 0 Å². The molecule has 1 aromatic heterocycles. The number of H-pyrrole nitrogens is 1. The van der Waals surface area contributed by atoms with Gasteiger partial charge in [0.1, 0.15) is 5.69 Å². The number of aromatic amines is 1. The fraction of sp³-hybridized carbons (Fsp3) is 0.500. The highest BCUT2D eigenvalue weighted by Crippen LogP contribution is 2.13. The lowest BCUT2D eigenvalue weighted by Crippen LogP contribution is -2.41. The summed E-state index contributed by atoms with van der Waals surface area (Å²) in [6, 6.07) is 1.64. The van der Waals surface area contributed by atoms with Crippen molar-refractivity contribution < 1.29 is 9.90 Å². The molecular weight excluding hydrogens is 292 g/mol. The van der Waals surface area contributed by atoms with E-state index in [9.17, 15) is 4.79 Å². The van der Waals surface area contributed by atoms with Gasteiger partial charge in [0.05, 0.1) is 6.61 Å². The molecule has 90 valence electrons. The molecule has 4 nitrogen and oxygen atoms in total. The van der Waals surface area contributed by atoms with Crippen molar-refractivity contribution in [1.29, 1.82) is 0 Å². The van der Waals surface area contributed by atoms with Gasteiger partial charge in [-0.2, -0.15) is 11.8 Å². The zero-order valence-corrected chi connectivity index (χ0v) is 11.6. The van der Waals surface area contributed by atoms with Crippen molar-refractivity contribution >= 4 is 33.6 Å². The van der Waals surface area contributed by atoms with Gasteiger partial charge in [-0.25, -0.2) is 0 Å². The quantitative estimate of drug-likeness (QED) is 0.774. The first-order chi connectivity index (χ1) is 7.58. The van der Waals surface area contributed by atoms with E-state index in [0.717, 1.165) is 4.47 Å². The van der Waals surface area contributed by atoms with Gasteiger partial charge in [-0.05, 0) is 35.2 Å². The van der Waals surface area contributed by atoms with Gasteiger partial charge in [0.2, 0.25) is 0 Å². The number of halogens is 1. The number of amides is 1. The highest BCUT2D eigenvalue weighted by atomic mass is 79.9. The van der Waals surface area contributed by atoms with Crippen LogP contribution in [0.2, 0.25) is 0 Å². The minimum absolute atomic E-state index is 0.0161. The van der Waals surface area contributed by atoms with Crippen molar-refractivity contribution in [3.05, 3.63) is 22.4 Å². The fourth-order valence-corrected chi connectivity index (χ4v) is 2.28. The predicted octanol–water partition coefficient (Wildman–Crippen LogP) is 1.62. The molecule has 6 heteroatoms. The Morgan fingerprint density at radius 1 is 1.75 bits per heavy atom. The molecule has 0 aliphatic rings. The average Bonchev–Trinajstić information content (AvgIpc) is 2.66. The van der Waals surface area contributed by atoms with Gasteiger partial charge in [-0.15, -0.1) is 0 Å². The Morgan fingerprint density at radius 3 is 2.88 bits per heavy atom. The van der Waals surface area contributed by atoms with Crippen LogP contribution in [0.15, 0.2) is 16.7 Å². The van der Waals surface area contributed by atoms with Crippen LogP contribution in [0.3, 0.4) is 0 Å². The maximum absolute atomic E-state index is 11.8. The van der Waals surface area contributed by atoms with E-state index in [1.807, 2.05) is 13.2 Å². The lowest BCUT2D eigenvalue weighted by Gasteiger charge is -2.20. The first kappa shape index (κ1) is 13.6. The van der Waals surface area contributed by atoms with E-state index in [-0.39, 0.29) is 23.8 Å². The lowest BCUT2D eigenvalue weighted by atomic mass is 10.2. The number of aromatic nitrogens is 1. The summed E-state index contributed by atoms with van der Waals surface area (Å²) in [4.78, 5) is 14.6. The summed E-state index contributed by atoms with van der Waals surface area (Å²) in [5.74, 6) is -0.161. The topological polar surface area (TPSA) is 65.1 Å². The van der Waals surface area contributed by atoms with Crippen LogP contribution in [0.25, 0.3) is 0 Å². The molecule has 0 fully saturated rings. The summed E-state index contributed by atoms with van der Waals surface area (Å²) in [5, 5.41) is 12.0. The minimum atomic E-state index is -0.161. The van der Waals surface area contributed by atoms with Gasteiger partial charge < -0.3 is 15.4 Å². The van der Waals surface area contributed by atoms with Crippen molar-refractivity contribution in [3.63, 3.8) is 0 Å². The monoisotopic (exact) mass is 306 g/mol. The molecule has 1 amide bonds. The Labute approximate surface area is 107 Å². The summed E-state index contributed by atoms with van der Waals surface area (Å²) >= 11 is 4.80. The molecular formula is C10H15BrN2O2S. The van der Waals surface area contributed by atoms with Gasteiger partial charge in [0.15, 0.2) is 0 Å². The summed E-state index contributed by atoms with van der Waals surface area (Å²) in [6.45, 7) is 1.93. The summed E-state index contributed by atoms with van der Waals surface area (Å²) in [7, 11) is 0. The van der Waals surface area contributed by atoms with Crippen molar-refractivity contribution in [3.8, 4) is 0 Å². The Hall–Kier alpha value is -0.460. The van der Waals surface area contributed by atoms with E-state index in [2.05, 4.69) is 26.2 Å². The Balaban J connectivity index is 2.57. The van der Waals surface area contributed by atoms with E-state index >= 15 is 0 Å². The number of thioether (sulfide) groups is 1. The molecule has 0 radical (unpaired) electrons. The summed E-state index contributed by atoms with van der Waals surface area (Å²) < 4.78 is 0.842. The van der Waals surface area contributed by atoms with Crippen LogP contribution in [-0.2, 0) is 0 Å².